The van der Waals surface area contributed by atoms with Gasteiger partial charge in [0.15, 0.2) is 0 Å². The lowest BCUT2D eigenvalue weighted by molar-refractivity contribution is -0.148. The smallest absolute Gasteiger partial charge is 0.306 e. The number of aromatic nitrogens is 1. The maximum absolute atomic E-state index is 12.0. The van der Waals surface area contributed by atoms with Gasteiger partial charge in [-0.15, -0.1) is 0 Å². The number of carbonyl (C=O) groups is 1. The Kier molecular flexibility index (Phi) is 4.67. The molecule has 0 saturated heterocycles. The van der Waals surface area contributed by atoms with Crippen molar-refractivity contribution in [2.45, 2.75) is 25.9 Å². The fourth-order valence-corrected chi connectivity index (χ4v) is 2.53. The zero-order valence-electron chi connectivity index (χ0n) is 13.1. The molecule has 0 N–H and O–H groups in total. The van der Waals surface area contributed by atoms with Crippen LogP contribution in [-0.4, -0.2) is 11.0 Å². The molecule has 0 fully saturated rings. The van der Waals surface area contributed by atoms with Crippen molar-refractivity contribution in [2.75, 3.05) is 0 Å². The Bertz CT molecular complexity index is 799. The van der Waals surface area contributed by atoms with Crippen LogP contribution in [0.4, 0.5) is 0 Å². The molecule has 0 bridgehead atoms. The highest BCUT2D eigenvalue weighted by molar-refractivity contribution is 5.79. The number of fused-ring (bicyclic) bond motifs is 1. The standard InChI is InChI=1S/C20H19NO2/c1-15(18-13-17-9-5-6-10-19(17)21-14-18)23-20(22)12-11-16-7-3-2-4-8-16/h2-10,13-15H,11-12H2,1H3. The van der Waals surface area contributed by atoms with Gasteiger partial charge in [-0.05, 0) is 31.0 Å². The van der Waals surface area contributed by atoms with Gasteiger partial charge in [-0.25, -0.2) is 0 Å². The van der Waals surface area contributed by atoms with E-state index in [2.05, 4.69) is 4.98 Å². The number of hydrogen-bond donors (Lipinski definition) is 0. The van der Waals surface area contributed by atoms with Gasteiger partial charge in [0, 0.05) is 23.6 Å². The van der Waals surface area contributed by atoms with Crippen LogP contribution in [0.3, 0.4) is 0 Å². The average Bonchev–Trinajstić information content (AvgIpc) is 2.60. The van der Waals surface area contributed by atoms with E-state index in [4.69, 9.17) is 4.74 Å². The van der Waals surface area contributed by atoms with E-state index in [1.54, 1.807) is 6.20 Å². The zero-order chi connectivity index (χ0) is 16.1. The molecule has 116 valence electrons. The van der Waals surface area contributed by atoms with Crippen LogP contribution in [-0.2, 0) is 16.0 Å². The molecule has 1 unspecified atom stereocenters. The van der Waals surface area contributed by atoms with Crippen molar-refractivity contribution in [3.63, 3.8) is 0 Å². The molecule has 3 rings (SSSR count). The number of carbonyl (C=O) groups excluding carboxylic acids is 1. The lowest BCUT2D eigenvalue weighted by Gasteiger charge is -2.14. The number of aryl methyl sites for hydroxylation is 1. The zero-order valence-corrected chi connectivity index (χ0v) is 13.1. The predicted octanol–water partition coefficient (Wildman–Crippen LogP) is 4.47. The molecule has 0 aliphatic heterocycles. The van der Waals surface area contributed by atoms with Crippen LogP contribution in [0.2, 0.25) is 0 Å². The third-order valence-electron chi connectivity index (χ3n) is 3.85. The Labute approximate surface area is 135 Å². The van der Waals surface area contributed by atoms with Gasteiger partial charge in [0.2, 0.25) is 0 Å². The van der Waals surface area contributed by atoms with Crippen LogP contribution < -0.4 is 0 Å². The molecule has 1 aromatic heterocycles. The first-order valence-electron chi connectivity index (χ1n) is 7.80. The van der Waals surface area contributed by atoms with Crippen molar-refractivity contribution < 1.29 is 9.53 Å². The van der Waals surface area contributed by atoms with E-state index < -0.39 is 0 Å². The number of esters is 1. The summed E-state index contributed by atoms with van der Waals surface area (Å²) < 4.78 is 5.53. The lowest BCUT2D eigenvalue weighted by Crippen LogP contribution is -2.10. The maximum Gasteiger partial charge on any atom is 0.306 e. The minimum Gasteiger partial charge on any atom is -0.458 e. The summed E-state index contributed by atoms with van der Waals surface area (Å²) in [5.74, 6) is -0.186. The largest absolute Gasteiger partial charge is 0.458 e. The van der Waals surface area contributed by atoms with Crippen LogP contribution in [0.1, 0.15) is 30.6 Å². The van der Waals surface area contributed by atoms with Crippen molar-refractivity contribution >= 4 is 16.9 Å². The number of rotatable bonds is 5. The van der Waals surface area contributed by atoms with Crippen LogP contribution in [0.15, 0.2) is 66.9 Å². The van der Waals surface area contributed by atoms with Gasteiger partial charge in [-0.1, -0.05) is 48.5 Å². The third kappa shape index (κ3) is 3.95. The molecule has 0 spiro atoms. The lowest BCUT2D eigenvalue weighted by atomic mass is 10.1. The van der Waals surface area contributed by atoms with Crippen LogP contribution in [0, 0.1) is 0 Å². The van der Waals surface area contributed by atoms with E-state index in [9.17, 15) is 4.79 Å². The van der Waals surface area contributed by atoms with Crippen molar-refractivity contribution in [1.29, 1.82) is 0 Å². The van der Waals surface area contributed by atoms with Gasteiger partial charge in [0.05, 0.1) is 5.52 Å². The van der Waals surface area contributed by atoms with Crippen molar-refractivity contribution in [3.05, 3.63) is 78.0 Å². The maximum atomic E-state index is 12.0. The highest BCUT2D eigenvalue weighted by Crippen LogP contribution is 2.21. The molecule has 2 aromatic carbocycles. The molecular weight excluding hydrogens is 286 g/mol. The van der Waals surface area contributed by atoms with E-state index in [0.29, 0.717) is 12.8 Å². The molecule has 1 atom stereocenters. The van der Waals surface area contributed by atoms with Gasteiger partial charge in [0.25, 0.3) is 0 Å². The summed E-state index contributed by atoms with van der Waals surface area (Å²) in [5.41, 5.74) is 3.00. The second-order valence-corrected chi connectivity index (χ2v) is 5.58. The molecule has 1 heterocycles. The number of pyridine rings is 1. The first-order chi connectivity index (χ1) is 11.2. The Morgan fingerprint density at radius 3 is 2.65 bits per heavy atom. The third-order valence-corrected chi connectivity index (χ3v) is 3.85. The molecule has 0 saturated carbocycles. The predicted molar refractivity (Wildman–Crippen MR) is 91.0 cm³/mol. The molecular formula is C20H19NO2. The van der Waals surface area contributed by atoms with E-state index >= 15 is 0 Å². The van der Waals surface area contributed by atoms with Crippen LogP contribution >= 0.6 is 0 Å². The van der Waals surface area contributed by atoms with E-state index in [1.165, 1.54) is 0 Å². The number of ether oxygens (including phenoxy) is 1. The first-order valence-corrected chi connectivity index (χ1v) is 7.80. The molecule has 3 heteroatoms. The fraction of sp³-hybridized carbons (Fsp3) is 0.200. The van der Waals surface area contributed by atoms with Gasteiger partial charge in [-0.3, -0.25) is 9.78 Å². The van der Waals surface area contributed by atoms with Gasteiger partial charge in [0.1, 0.15) is 6.10 Å². The second kappa shape index (κ2) is 7.05. The Morgan fingerprint density at radius 2 is 1.83 bits per heavy atom. The van der Waals surface area contributed by atoms with E-state index in [-0.39, 0.29) is 12.1 Å². The summed E-state index contributed by atoms with van der Waals surface area (Å²) in [6.07, 6.45) is 2.56. The van der Waals surface area contributed by atoms with Crippen molar-refractivity contribution in [1.82, 2.24) is 4.98 Å². The molecule has 0 aliphatic carbocycles. The Hall–Kier alpha value is -2.68. The average molecular weight is 305 g/mol. The topological polar surface area (TPSA) is 39.2 Å². The van der Waals surface area contributed by atoms with Crippen molar-refractivity contribution in [3.8, 4) is 0 Å². The minimum atomic E-state index is -0.296. The van der Waals surface area contributed by atoms with Crippen LogP contribution in [0.5, 0.6) is 0 Å². The minimum absolute atomic E-state index is 0.186. The molecule has 3 aromatic rings. The molecule has 0 amide bonds. The Balaban J connectivity index is 1.61. The summed E-state index contributed by atoms with van der Waals surface area (Å²) in [5, 5.41) is 1.05. The highest BCUT2D eigenvalue weighted by atomic mass is 16.5. The summed E-state index contributed by atoms with van der Waals surface area (Å²) in [7, 11) is 0. The van der Waals surface area contributed by atoms with E-state index in [1.807, 2.05) is 67.6 Å². The molecule has 23 heavy (non-hydrogen) atoms. The summed E-state index contributed by atoms with van der Waals surface area (Å²) in [6, 6.07) is 19.9. The molecule has 0 radical (unpaired) electrons. The fourth-order valence-electron chi connectivity index (χ4n) is 2.53. The van der Waals surface area contributed by atoms with Crippen molar-refractivity contribution in [2.24, 2.45) is 0 Å². The quantitative estimate of drug-likeness (QED) is 0.653. The van der Waals surface area contributed by atoms with Gasteiger partial charge < -0.3 is 4.74 Å². The Morgan fingerprint density at radius 1 is 1.09 bits per heavy atom. The van der Waals surface area contributed by atoms with E-state index in [0.717, 1.165) is 22.0 Å². The summed E-state index contributed by atoms with van der Waals surface area (Å²) in [6.45, 7) is 1.88. The molecule has 3 nitrogen and oxygen atoms in total. The van der Waals surface area contributed by atoms with Gasteiger partial charge >= 0.3 is 5.97 Å². The number of hydrogen-bond acceptors (Lipinski definition) is 3. The highest BCUT2D eigenvalue weighted by Gasteiger charge is 2.12. The normalized spacial score (nSPS) is 12.0. The summed E-state index contributed by atoms with van der Waals surface area (Å²) >= 11 is 0. The number of para-hydroxylation sites is 1. The summed E-state index contributed by atoms with van der Waals surface area (Å²) in [4.78, 5) is 16.4. The van der Waals surface area contributed by atoms with Crippen LogP contribution in [0.25, 0.3) is 10.9 Å². The molecule has 0 aliphatic rings. The SMILES string of the molecule is CC(OC(=O)CCc1ccccc1)c1cnc2ccccc2c1. The first kappa shape index (κ1) is 15.2. The number of nitrogens with zero attached hydrogens (tertiary/aromatic N) is 1. The number of benzene rings is 2. The second-order valence-electron chi connectivity index (χ2n) is 5.58. The monoisotopic (exact) mass is 305 g/mol. The van der Waals surface area contributed by atoms with Gasteiger partial charge in [-0.2, -0.15) is 0 Å².